The first-order valence-corrected chi connectivity index (χ1v) is 14.7. The first-order valence-electron chi connectivity index (χ1n) is 13.0. The van der Waals surface area contributed by atoms with Crippen LogP contribution in [0, 0.1) is 0 Å². The van der Waals surface area contributed by atoms with Gasteiger partial charge in [-0.1, -0.05) is 38.1 Å². The molecule has 1 amide bonds. The van der Waals surface area contributed by atoms with Gasteiger partial charge in [-0.2, -0.15) is 0 Å². The Morgan fingerprint density at radius 1 is 1.15 bits per heavy atom. The highest BCUT2D eigenvalue weighted by Crippen LogP contribution is 2.32. The van der Waals surface area contributed by atoms with Crippen molar-refractivity contribution in [2.24, 2.45) is 0 Å². The van der Waals surface area contributed by atoms with E-state index in [1.165, 1.54) is 53.1 Å². The minimum atomic E-state index is -4.77. The number of anilines is 1. The highest BCUT2D eigenvalue weighted by molar-refractivity contribution is 7.97. The van der Waals surface area contributed by atoms with E-state index in [9.17, 15) is 22.8 Å². The van der Waals surface area contributed by atoms with Crippen LogP contribution >= 0.6 is 23.3 Å². The van der Waals surface area contributed by atoms with E-state index in [4.69, 9.17) is 5.11 Å². The highest BCUT2D eigenvalue weighted by Gasteiger charge is 2.35. The smallest absolute Gasteiger partial charge is 0.481 e. The maximum absolute atomic E-state index is 13.5. The summed E-state index contributed by atoms with van der Waals surface area (Å²) in [6, 6.07) is 13.0. The molecule has 0 bridgehead atoms. The highest BCUT2D eigenvalue weighted by atomic mass is 32.2. The van der Waals surface area contributed by atoms with Crippen molar-refractivity contribution in [1.29, 1.82) is 0 Å². The number of benzene rings is 2. The third-order valence-corrected chi connectivity index (χ3v) is 8.54. The monoisotopic (exact) mass is 608 g/mol. The van der Waals surface area contributed by atoms with E-state index >= 15 is 0 Å². The first-order chi connectivity index (χ1) is 19.5. The molecule has 0 spiro atoms. The van der Waals surface area contributed by atoms with Gasteiger partial charge in [0, 0.05) is 42.9 Å². The SMILES string of the molecule is CC(C)c1ccc(CNC(=O)[C@H]2CN(c3nc(CCC(=O)O)cs3)CCN2Sc2ccc(OC(F)(F)F)cc2)cc1. The Morgan fingerprint density at radius 3 is 2.49 bits per heavy atom. The molecule has 13 heteroatoms. The van der Waals surface area contributed by atoms with Gasteiger partial charge in [-0.3, -0.25) is 9.59 Å². The van der Waals surface area contributed by atoms with Gasteiger partial charge in [-0.25, -0.2) is 9.29 Å². The molecular formula is C28H31F3N4O4S2. The number of aliphatic carboxylic acids is 1. The minimum Gasteiger partial charge on any atom is -0.481 e. The number of nitrogens with zero attached hydrogens (tertiary/aromatic N) is 3. The summed E-state index contributed by atoms with van der Waals surface area (Å²) >= 11 is 2.70. The van der Waals surface area contributed by atoms with Gasteiger partial charge in [0.2, 0.25) is 5.91 Å². The molecule has 1 aliphatic rings. The van der Waals surface area contributed by atoms with Crippen LogP contribution in [0.25, 0.3) is 0 Å². The Labute approximate surface area is 244 Å². The molecule has 4 rings (SSSR count). The largest absolute Gasteiger partial charge is 0.573 e. The number of hydrogen-bond acceptors (Lipinski definition) is 8. The Hall–Kier alpha value is -3.29. The number of carboxylic acids is 1. The number of carbonyl (C=O) groups excluding carboxylic acids is 1. The lowest BCUT2D eigenvalue weighted by Gasteiger charge is -2.39. The molecule has 1 saturated heterocycles. The van der Waals surface area contributed by atoms with Crippen LogP contribution in [0.5, 0.6) is 5.75 Å². The molecule has 8 nitrogen and oxygen atoms in total. The number of aromatic nitrogens is 1. The normalized spacial score (nSPS) is 16.1. The van der Waals surface area contributed by atoms with Crippen LogP contribution in [0.4, 0.5) is 18.3 Å². The van der Waals surface area contributed by atoms with Crippen LogP contribution in [-0.2, 0) is 22.6 Å². The van der Waals surface area contributed by atoms with Crippen molar-refractivity contribution in [3.8, 4) is 5.75 Å². The maximum Gasteiger partial charge on any atom is 0.573 e. The number of piperazine rings is 1. The van der Waals surface area contributed by atoms with Crippen molar-refractivity contribution in [1.82, 2.24) is 14.6 Å². The van der Waals surface area contributed by atoms with Crippen molar-refractivity contribution in [2.45, 2.75) is 56.5 Å². The summed E-state index contributed by atoms with van der Waals surface area (Å²) in [6.45, 7) is 5.97. The van der Waals surface area contributed by atoms with Gasteiger partial charge >= 0.3 is 12.3 Å². The minimum absolute atomic E-state index is 0.0103. The lowest BCUT2D eigenvalue weighted by atomic mass is 10.0. The number of carboxylic acid groups (broad SMARTS) is 1. The van der Waals surface area contributed by atoms with E-state index in [2.05, 4.69) is 28.9 Å². The molecule has 2 heterocycles. The molecule has 2 N–H and O–H groups in total. The summed E-state index contributed by atoms with van der Waals surface area (Å²) in [7, 11) is 0. The van der Waals surface area contributed by atoms with Gasteiger partial charge in [0.1, 0.15) is 11.8 Å². The summed E-state index contributed by atoms with van der Waals surface area (Å²) in [5.74, 6) is -0.984. The number of aryl methyl sites for hydroxylation is 1. The summed E-state index contributed by atoms with van der Waals surface area (Å²) in [6.07, 6.45) is -4.45. The molecule has 3 aromatic rings. The molecule has 1 aliphatic heterocycles. The molecule has 0 radical (unpaired) electrons. The quantitative estimate of drug-likeness (QED) is 0.268. The van der Waals surface area contributed by atoms with E-state index in [-0.39, 0.29) is 18.1 Å². The van der Waals surface area contributed by atoms with Gasteiger partial charge in [0.05, 0.1) is 12.1 Å². The number of amides is 1. The van der Waals surface area contributed by atoms with E-state index in [1.807, 2.05) is 38.9 Å². The second-order valence-corrected chi connectivity index (χ2v) is 11.8. The predicted molar refractivity (Wildman–Crippen MR) is 152 cm³/mol. The third kappa shape index (κ3) is 9.10. The Morgan fingerprint density at radius 2 is 1.85 bits per heavy atom. The first kappa shape index (κ1) is 30.7. The fraction of sp³-hybridized carbons (Fsp3) is 0.393. The molecular weight excluding hydrogens is 577 g/mol. The molecule has 0 aliphatic carbocycles. The summed E-state index contributed by atoms with van der Waals surface area (Å²) in [5, 5.41) is 14.5. The van der Waals surface area contributed by atoms with Crippen LogP contribution in [-0.4, -0.2) is 58.3 Å². The second-order valence-electron chi connectivity index (χ2n) is 9.84. The molecule has 1 aromatic heterocycles. The average molecular weight is 609 g/mol. The summed E-state index contributed by atoms with van der Waals surface area (Å²) in [5.41, 5.74) is 2.87. The van der Waals surface area contributed by atoms with Gasteiger partial charge in [0.25, 0.3) is 0 Å². The molecule has 41 heavy (non-hydrogen) atoms. The summed E-state index contributed by atoms with van der Waals surface area (Å²) in [4.78, 5) is 31.7. The fourth-order valence-corrected chi connectivity index (χ4v) is 6.11. The molecule has 1 fully saturated rings. The lowest BCUT2D eigenvalue weighted by Crippen LogP contribution is -2.56. The van der Waals surface area contributed by atoms with Crippen LogP contribution in [0.3, 0.4) is 0 Å². The van der Waals surface area contributed by atoms with Crippen molar-refractivity contribution in [3.05, 3.63) is 70.7 Å². The number of thiazole rings is 1. The van der Waals surface area contributed by atoms with Crippen molar-refractivity contribution in [3.63, 3.8) is 0 Å². The number of alkyl halides is 3. The van der Waals surface area contributed by atoms with Crippen LogP contribution in [0.15, 0.2) is 58.8 Å². The molecule has 1 atom stereocenters. The lowest BCUT2D eigenvalue weighted by molar-refractivity contribution is -0.274. The zero-order chi connectivity index (χ0) is 29.6. The van der Waals surface area contributed by atoms with Crippen molar-refractivity contribution < 1.29 is 32.6 Å². The molecule has 0 saturated carbocycles. The topological polar surface area (TPSA) is 95.0 Å². The Bertz CT molecular complexity index is 1320. The Balaban J connectivity index is 1.46. The van der Waals surface area contributed by atoms with Gasteiger partial charge in [-0.15, -0.1) is 24.5 Å². The van der Waals surface area contributed by atoms with Crippen molar-refractivity contribution in [2.75, 3.05) is 24.5 Å². The third-order valence-electron chi connectivity index (χ3n) is 6.43. The number of ether oxygens (including phenoxy) is 1. The average Bonchev–Trinajstić information content (AvgIpc) is 3.40. The second kappa shape index (κ2) is 13.6. The van der Waals surface area contributed by atoms with Crippen LogP contribution in [0.1, 0.15) is 43.0 Å². The van der Waals surface area contributed by atoms with Crippen LogP contribution in [0.2, 0.25) is 0 Å². The number of rotatable bonds is 11. The number of hydrogen-bond donors (Lipinski definition) is 2. The van der Waals surface area contributed by atoms with Crippen molar-refractivity contribution >= 4 is 40.3 Å². The van der Waals surface area contributed by atoms with Gasteiger partial charge in [-0.05, 0) is 53.3 Å². The molecule has 2 aromatic carbocycles. The maximum atomic E-state index is 13.5. The Kier molecular flexibility index (Phi) is 10.2. The number of halogens is 3. The zero-order valence-electron chi connectivity index (χ0n) is 22.6. The van der Waals surface area contributed by atoms with E-state index in [1.54, 1.807) is 0 Å². The summed E-state index contributed by atoms with van der Waals surface area (Å²) < 4.78 is 43.5. The molecule has 0 unspecified atom stereocenters. The van der Waals surface area contributed by atoms with Gasteiger partial charge < -0.3 is 20.1 Å². The number of carbonyl (C=O) groups is 2. The van der Waals surface area contributed by atoms with Gasteiger partial charge in [0.15, 0.2) is 5.13 Å². The van der Waals surface area contributed by atoms with E-state index < -0.39 is 18.4 Å². The van der Waals surface area contributed by atoms with E-state index in [0.717, 1.165) is 5.56 Å². The zero-order valence-corrected chi connectivity index (χ0v) is 24.2. The predicted octanol–water partition coefficient (Wildman–Crippen LogP) is 5.70. The number of nitrogens with one attached hydrogen (secondary N) is 1. The standard InChI is InChI=1S/C28H31F3N4O4S2/c1-18(2)20-5-3-19(4-6-20)15-32-26(38)24-16-34(27-33-21(17-40-27)7-12-25(36)37)13-14-35(24)41-23-10-8-22(9-11-23)39-28(29,30)31/h3-6,8-11,17-18,24H,7,12-16H2,1-2H3,(H,32,38)(H,36,37)/t24-/m1/s1. The van der Waals surface area contributed by atoms with E-state index in [0.29, 0.717) is 54.2 Å². The fourth-order valence-electron chi connectivity index (χ4n) is 4.22. The molecule has 220 valence electrons. The van der Waals surface area contributed by atoms with Crippen LogP contribution < -0.4 is 15.0 Å².